The fraction of sp³-hybridized carbons (Fsp3) is 0.308. The van der Waals surface area contributed by atoms with Gasteiger partial charge in [0.1, 0.15) is 10.8 Å². The average Bonchev–Trinajstić information content (AvgIpc) is 2.78. The largest absolute Gasteiger partial charge is 0.481 e. The molecular formula is C13H14ClN3O2S. The van der Waals surface area contributed by atoms with Crippen molar-refractivity contribution in [1.29, 1.82) is 0 Å². The number of ether oxygens (including phenoxy) is 1. The first-order valence-electron chi connectivity index (χ1n) is 5.99. The number of amides is 1. The highest BCUT2D eigenvalue weighted by molar-refractivity contribution is 7.15. The van der Waals surface area contributed by atoms with Crippen LogP contribution in [-0.4, -0.2) is 22.2 Å². The predicted molar refractivity (Wildman–Crippen MR) is 79.6 cm³/mol. The summed E-state index contributed by atoms with van der Waals surface area (Å²) in [6.45, 7) is 5.38. The second-order valence-electron chi connectivity index (χ2n) is 4.29. The molecule has 1 aromatic heterocycles. The number of nitrogens with zero attached hydrogens (tertiary/aromatic N) is 2. The molecule has 0 aliphatic rings. The summed E-state index contributed by atoms with van der Waals surface area (Å²) < 4.78 is 5.63. The van der Waals surface area contributed by atoms with E-state index in [1.807, 2.05) is 13.8 Å². The van der Waals surface area contributed by atoms with Crippen LogP contribution in [0.25, 0.3) is 0 Å². The SMILES string of the molecule is Cc1nnc(NC(=O)[C@H](C)Oc2ccc(Cl)cc2C)s1. The molecule has 1 heterocycles. The maximum absolute atomic E-state index is 12.0. The van der Waals surface area contributed by atoms with Crippen molar-refractivity contribution in [2.24, 2.45) is 0 Å². The zero-order chi connectivity index (χ0) is 14.7. The van der Waals surface area contributed by atoms with Gasteiger partial charge < -0.3 is 4.74 Å². The smallest absolute Gasteiger partial charge is 0.266 e. The molecule has 2 aromatic rings. The summed E-state index contributed by atoms with van der Waals surface area (Å²) in [5.74, 6) is 0.362. The van der Waals surface area contributed by atoms with E-state index in [2.05, 4.69) is 15.5 Å². The number of nitrogens with one attached hydrogen (secondary N) is 1. The van der Waals surface area contributed by atoms with Gasteiger partial charge in [-0.1, -0.05) is 22.9 Å². The molecule has 1 N–H and O–H groups in total. The maximum atomic E-state index is 12.0. The van der Waals surface area contributed by atoms with Gasteiger partial charge in [-0.25, -0.2) is 0 Å². The first-order valence-corrected chi connectivity index (χ1v) is 7.19. The lowest BCUT2D eigenvalue weighted by atomic mass is 10.2. The van der Waals surface area contributed by atoms with Crippen LogP contribution < -0.4 is 10.1 Å². The van der Waals surface area contributed by atoms with Crippen molar-refractivity contribution in [2.75, 3.05) is 5.32 Å². The Morgan fingerprint density at radius 3 is 2.75 bits per heavy atom. The molecule has 1 atom stereocenters. The van der Waals surface area contributed by atoms with Gasteiger partial charge in [-0.3, -0.25) is 10.1 Å². The summed E-state index contributed by atoms with van der Waals surface area (Å²) in [5.41, 5.74) is 0.879. The zero-order valence-corrected chi connectivity index (χ0v) is 12.9. The Labute approximate surface area is 125 Å². The van der Waals surface area contributed by atoms with Gasteiger partial charge in [-0.15, -0.1) is 10.2 Å². The number of halogens is 1. The molecule has 1 amide bonds. The molecule has 0 aliphatic heterocycles. The molecule has 5 nitrogen and oxygen atoms in total. The second kappa shape index (κ2) is 6.19. The van der Waals surface area contributed by atoms with E-state index in [4.69, 9.17) is 16.3 Å². The minimum atomic E-state index is -0.640. The topological polar surface area (TPSA) is 64.1 Å². The Morgan fingerprint density at radius 2 is 2.15 bits per heavy atom. The van der Waals surface area contributed by atoms with Crippen molar-refractivity contribution in [3.63, 3.8) is 0 Å². The van der Waals surface area contributed by atoms with Crippen molar-refractivity contribution < 1.29 is 9.53 Å². The van der Waals surface area contributed by atoms with E-state index >= 15 is 0 Å². The van der Waals surface area contributed by atoms with Crippen LogP contribution in [0, 0.1) is 13.8 Å². The van der Waals surface area contributed by atoms with Gasteiger partial charge in [0.25, 0.3) is 5.91 Å². The Kier molecular flexibility index (Phi) is 4.57. The fourth-order valence-electron chi connectivity index (χ4n) is 1.54. The summed E-state index contributed by atoms with van der Waals surface area (Å²) in [5, 5.41) is 12.2. The van der Waals surface area contributed by atoms with E-state index in [0.29, 0.717) is 15.9 Å². The van der Waals surface area contributed by atoms with Crippen molar-refractivity contribution in [3.8, 4) is 5.75 Å². The number of anilines is 1. The van der Waals surface area contributed by atoms with Crippen LogP contribution >= 0.6 is 22.9 Å². The average molecular weight is 312 g/mol. The highest BCUT2D eigenvalue weighted by Crippen LogP contribution is 2.23. The fourth-order valence-corrected chi connectivity index (χ4v) is 2.36. The molecule has 0 bridgehead atoms. The molecule has 0 spiro atoms. The van der Waals surface area contributed by atoms with Gasteiger partial charge in [0.15, 0.2) is 6.10 Å². The predicted octanol–water partition coefficient (Wildman–Crippen LogP) is 3.21. The number of hydrogen-bond donors (Lipinski definition) is 1. The van der Waals surface area contributed by atoms with E-state index in [0.717, 1.165) is 10.6 Å². The minimum absolute atomic E-state index is 0.268. The van der Waals surface area contributed by atoms with Crippen LogP contribution in [0.3, 0.4) is 0 Å². The monoisotopic (exact) mass is 311 g/mol. The number of carbonyl (C=O) groups excluding carboxylic acids is 1. The number of aromatic nitrogens is 2. The van der Waals surface area contributed by atoms with Gasteiger partial charge in [0, 0.05) is 5.02 Å². The molecule has 1 aromatic carbocycles. The lowest BCUT2D eigenvalue weighted by Crippen LogP contribution is -2.30. The van der Waals surface area contributed by atoms with Crippen molar-refractivity contribution >= 4 is 34.0 Å². The number of hydrogen-bond acceptors (Lipinski definition) is 5. The quantitative estimate of drug-likeness (QED) is 0.941. The van der Waals surface area contributed by atoms with E-state index < -0.39 is 6.10 Å². The maximum Gasteiger partial charge on any atom is 0.266 e. The lowest BCUT2D eigenvalue weighted by Gasteiger charge is -2.15. The van der Waals surface area contributed by atoms with E-state index in [1.54, 1.807) is 25.1 Å². The number of benzene rings is 1. The Balaban J connectivity index is 2.00. The molecule has 0 saturated heterocycles. The standard InChI is InChI=1S/C13H14ClN3O2S/c1-7-6-10(14)4-5-11(7)19-8(2)12(18)15-13-17-16-9(3)20-13/h4-6,8H,1-3H3,(H,15,17,18)/t8-/m0/s1. The summed E-state index contributed by atoms with van der Waals surface area (Å²) in [4.78, 5) is 12.0. The second-order valence-corrected chi connectivity index (χ2v) is 5.90. The van der Waals surface area contributed by atoms with E-state index in [1.165, 1.54) is 11.3 Å². The summed E-state index contributed by atoms with van der Waals surface area (Å²) in [7, 11) is 0. The molecule has 0 saturated carbocycles. The molecule has 2 rings (SSSR count). The van der Waals surface area contributed by atoms with E-state index in [9.17, 15) is 4.79 Å². The van der Waals surface area contributed by atoms with Crippen molar-refractivity contribution in [1.82, 2.24) is 10.2 Å². The summed E-state index contributed by atoms with van der Waals surface area (Å²) in [6.07, 6.45) is -0.640. The number of aryl methyl sites for hydroxylation is 2. The molecule has 0 aliphatic carbocycles. The Morgan fingerprint density at radius 1 is 1.40 bits per heavy atom. The minimum Gasteiger partial charge on any atom is -0.481 e. The van der Waals surface area contributed by atoms with Crippen LogP contribution in [0.4, 0.5) is 5.13 Å². The van der Waals surface area contributed by atoms with Gasteiger partial charge in [0.05, 0.1) is 0 Å². The Hall–Kier alpha value is -1.66. The van der Waals surface area contributed by atoms with Crippen LogP contribution in [0.15, 0.2) is 18.2 Å². The third-order valence-corrected chi connectivity index (χ3v) is 3.56. The number of rotatable bonds is 4. The highest BCUT2D eigenvalue weighted by Gasteiger charge is 2.17. The lowest BCUT2D eigenvalue weighted by molar-refractivity contribution is -0.122. The van der Waals surface area contributed by atoms with Gasteiger partial charge in [0.2, 0.25) is 5.13 Å². The van der Waals surface area contributed by atoms with E-state index in [-0.39, 0.29) is 5.91 Å². The molecular weight excluding hydrogens is 298 g/mol. The van der Waals surface area contributed by atoms with Crippen molar-refractivity contribution in [2.45, 2.75) is 26.9 Å². The van der Waals surface area contributed by atoms with Crippen molar-refractivity contribution in [3.05, 3.63) is 33.8 Å². The molecule has 20 heavy (non-hydrogen) atoms. The van der Waals surface area contributed by atoms with Crippen LogP contribution in [0.1, 0.15) is 17.5 Å². The molecule has 0 radical (unpaired) electrons. The Bertz CT molecular complexity index is 630. The van der Waals surface area contributed by atoms with Crippen LogP contribution in [-0.2, 0) is 4.79 Å². The summed E-state index contributed by atoms with van der Waals surface area (Å²) >= 11 is 7.19. The highest BCUT2D eigenvalue weighted by atomic mass is 35.5. The third-order valence-electron chi connectivity index (χ3n) is 2.57. The first kappa shape index (κ1) is 14.7. The summed E-state index contributed by atoms with van der Waals surface area (Å²) in [6, 6.07) is 5.26. The zero-order valence-electron chi connectivity index (χ0n) is 11.3. The van der Waals surface area contributed by atoms with Crippen LogP contribution in [0.5, 0.6) is 5.75 Å². The normalized spacial score (nSPS) is 12.0. The van der Waals surface area contributed by atoms with Gasteiger partial charge in [-0.05, 0) is 44.5 Å². The van der Waals surface area contributed by atoms with Crippen LogP contribution in [0.2, 0.25) is 5.02 Å². The molecule has 0 unspecified atom stereocenters. The first-order chi connectivity index (χ1) is 9.45. The molecule has 106 valence electrons. The molecule has 7 heteroatoms. The molecule has 0 fully saturated rings. The number of carbonyl (C=O) groups is 1. The van der Waals surface area contributed by atoms with Gasteiger partial charge >= 0.3 is 0 Å². The third kappa shape index (κ3) is 3.68. The van der Waals surface area contributed by atoms with Gasteiger partial charge in [-0.2, -0.15) is 0 Å².